The molecule has 0 bridgehead atoms. The number of hydrogen-bond donors (Lipinski definition) is 2. The summed E-state index contributed by atoms with van der Waals surface area (Å²) >= 11 is 0. The van der Waals surface area contributed by atoms with Gasteiger partial charge in [0.15, 0.2) is 9.84 Å². The molecule has 4 rings (SSSR count). The van der Waals surface area contributed by atoms with Gasteiger partial charge in [0.05, 0.1) is 12.0 Å². The Labute approximate surface area is 185 Å². The van der Waals surface area contributed by atoms with E-state index in [1.807, 2.05) is 12.1 Å². The van der Waals surface area contributed by atoms with Crippen molar-refractivity contribution >= 4 is 37.8 Å². The predicted molar refractivity (Wildman–Crippen MR) is 124 cm³/mol. The van der Waals surface area contributed by atoms with Crippen molar-refractivity contribution in [3.8, 4) is 17.6 Å². The number of ether oxygens (including phenoxy) is 1. The summed E-state index contributed by atoms with van der Waals surface area (Å²) in [5.74, 6) is 7.07. The molecule has 3 N–H and O–H groups in total. The minimum absolute atomic E-state index is 0.252. The maximum atomic E-state index is 11.6. The third-order valence-electron chi connectivity index (χ3n) is 4.67. The van der Waals surface area contributed by atoms with Gasteiger partial charge in [0.25, 0.3) is 0 Å². The second-order valence-corrected chi connectivity index (χ2v) is 8.91. The predicted octanol–water partition coefficient (Wildman–Crippen LogP) is 3.16. The zero-order valence-electron chi connectivity index (χ0n) is 17.3. The molecule has 32 heavy (non-hydrogen) atoms. The average molecular weight is 446 g/mol. The number of nitrogens with one attached hydrogen (secondary N) is 1. The number of rotatable bonds is 4. The molecule has 3 aromatic heterocycles. The van der Waals surface area contributed by atoms with E-state index in [0.29, 0.717) is 34.3 Å². The van der Waals surface area contributed by atoms with Crippen LogP contribution < -0.4 is 15.8 Å². The minimum atomic E-state index is -3.25. The van der Waals surface area contributed by atoms with E-state index in [4.69, 9.17) is 10.5 Å². The number of nitrogens with two attached hydrogens (primary N) is 1. The fraction of sp³-hybridized carbons (Fsp3) is 0.0870. The third-order valence-corrected chi connectivity index (χ3v) is 5.80. The van der Waals surface area contributed by atoms with E-state index in [1.54, 1.807) is 48.9 Å². The van der Waals surface area contributed by atoms with Crippen LogP contribution >= 0.6 is 0 Å². The molecular weight excluding hydrogens is 426 g/mol. The summed E-state index contributed by atoms with van der Waals surface area (Å²) in [7, 11) is -1.72. The van der Waals surface area contributed by atoms with Crippen molar-refractivity contribution in [3.63, 3.8) is 0 Å². The summed E-state index contributed by atoms with van der Waals surface area (Å²) in [4.78, 5) is 13.3. The molecule has 0 atom stereocenters. The van der Waals surface area contributed by atoms with Crippen molar-refractivity contribution in [2.24, 2.45) is 0 Å². The second kappa shape index (κ2) is 8.53. The van der Waals surface area contributed by atoms with E-state index in [-0.39, 0.29) is 4.90 Å². The Morgan fingerprint density at radius 2 is 1.66 bits per heavy atom. The molecule has 1 aromatic carbocycles. The molecule has 0 aliphatic heterocycles. The van der Waals surface area contributed by atoms with Gasteiger partial charge in [0.2, 0.25) is 0 Å². The molecule has 9 heteroatoms. The highest BCUT2D eigenvalue weighted by Crippen LogP contribution is 2.24. The van der Waals surface area contributed by atoms with Crippen molar-refractivity contribution in [2.45, 2.75) is 4.90 Å². The number of sulfone groups is 1. The molecule has 0 saturated carbocycles. The van der Waals surface area contributed by atoms with Gasteiger partial charge < -0.3 is 15.8 Å². The number of methoxy groups -OCH3 is 1. The van der Waals surface area contributed by atoms with Gasteiger partial charge in [-0.05, 0) is 48.2 Å². The highest BCUT2D eigenvalue weighted by atomic mass is 32.2. The zero-order valence-corrected chi connectivity index (χ0v) is 18.1. The van der Waals surface area contributed by atoms with Gasteiger partial charge in [-0.25, -0.2) is 23.4 Å². The van der Waals surface area contributed by atoms with Crippen LogP contribution in [0.5, 0.6) is 5.75 Å². The van der Waals surface area contributed by atoms with Crippen molar-refractivity contribution < 1.29 is 13.2 Å². The smallest absolute Gasteiger partial charge is 0.175 e. The first-order valence-electron chi connectivity index (χ1n) is 9.47. The highest BCUT2D eigenvalue weighted by Gasteiger charge is 2.08. The number of pyridine rings is 3. The van der Waals surface area contributed by atoms with Crippen LogP contribution in [-0.4, -0.2) is 36.7 Å². The maximum Gasteiger partial charge on any atom is 0.175 e. The first-order chi connectivity index (χ1) is 15.3. The molecule has 0 fully saturated rings. The second-order valence-electron chi connectivity index (χ2n) is 6.90. The normalized spacial score (nSPS) is 10.9. The fourth-order valence-electron chi connectivity index (χ4n) is 3.02. The molecule has 3 heterocycles. The highest BCUT2D eigenvalue weighted by molar-refractivity contribution is 7.90. The van der Waals surface area contributed by atoms with Crippen molar-refractivity contribution in [1.82, 2.24) is 15.0 Å². The van der Waals surface area contributed by atoms with Crippen LogP contribution in [0.3, 0.4) is 0 Å². The van der Waals surface area contributed by atoms with Crippen LogP contribution in [-0.2, 0) is 9.84 Å². The Morgan fingerprint density at radius 1 is 0.969 bits per heavy atom. The number of hydrogen-bond acceptors (Lipinski definition) is 8. The Hall–Kier alpha value is -4.16. The number of benzene rings is 1. The van der Waals surface area contributed by atoms with Crippen LogP contribution in [0.2, 0.25) is 0 Å². The van der Waals surface area contributed by atoms with Crippen molar-refractivity contribution in [2.75, 3.05) is 24.4 Å². The standard InChI is InChI=1S/C23H19N5O3S/c1-31-21-10-12-26-20(23(21)24)8-7-19-18-13-22(27-14-15(18)9-11-25-19)28-16-3-5-17(6-4-16)32(2,29)30/h3-6,9-14H,24H2,1-2H3,(H,27,28). The Bertz CT molecular complexity index is 1470. The molecule has 4 aromatic rings. The van der Waals surface area contributed by atoms with Gasteiger partial charge in [0.1, 0.15) is 28.6 Å². The van der Waals surface area contributed by atoms with Crippen LogP contribution in [0.1, 0.15) is 11.4 Å². The van der Waals surface area contributed by atoms with Gasteiger partial charge in [-0.3, -0.25) is 0 Å². The molecule has 0 aliphatic rings. The van der Waals surface area contributed by atoms with Crippen LogP contribution in [0.15, 0.2) is 66.0 Å². The van der Waals surface area contributed by atoms with E-state index in [9.17, 15) is 8.42 Å². The molecule has 0 aliphatic carbocycles. The summed E-state index contributed by atoms with van der Waals surface area (Å²) in [5.41, 5.74) is 8.07. The molecule has 160 valence electrons. The van der Waals surface area contributed by atoms with Gasteiger partial charge >= 0.3 is 0 Å². The van der Waals surface area contributed by atoms with E-state index in [2.05, 4.69) is 32.1 Å². The van der Waals surface area contributed by atoms with Crippen LogP contribution in [0.25, 0.3) is 10.8 Å². The number of nitrogen functional groups attached to an aromatic ring is 1. The topological polar surface area (TPSA) is 120 Å². The molecular formula is C23H19N5O3S. The lowest BCUT2D eigenvalue weighted by Gasteiger charge is -2.08. The van der Waals surface area contributed by atoms with E-state index < -0.39 is 9.84 Å². The van der Waals surface area contributed by atoms with E-state index in [1.165, 1.54) is 13.4 Å². The zero-order chi connectivity index (χ0) is 22.7. The van der Waals surface area contributed by atoms with Gasteiger partial charge in [-0.1, -0.05) is 0 Å². The van der Waals surface area contributed by atoms with Gasteiger partial charge in [0, 0.05) is 47.4 Å². The number of nitrogens with zero attached hydrogens (tertiary/aromatic N) is 3. The summed E-state index contributed by atoms with van der Waals surface area (Å²) in [5, 5.41) is 4.84. The molecule has 0 saturated heterocycles. The molecule has 0 unspecified atom stereocenters. The van der Waals surface area contributed by atoms with Crippen molar-refractivity contribution in [1.29, 1.82) is 0 Å². The number of aromatic nitrogens is 3. The molecule has 8 nitrogen and oxygen atoms in total. The third kappa shape index (κ3) is 4.45. The molecule has 0 spiro atoms. The maximum absolute atomic E-state index is 11.6. The van der Waals surface area contributed by atoms with Crippen LogP contribution in [0.4, 0.5) is 17.2 Å². The van der Waals surface area contributed by atoms with Gasteiger partial charge in [-0.2, -0.15) is 0 Å². The fourth-order valence-corrected chi connectivity index (χ4v) is 3.65. The van der Waals surface area contributed by atoms with Crippen molar-refractivity contribution in [3.05, 3.63) is 72.4 Å². The largest absolute Gasteiger partial charge is 0.494 e. The monoisotopic (exact) mass is 445 g/mol. The van der Waals surface area contributed by atoms with Gasteiger partial charge in [-0.15, -0.1) is 0 Å². The summed E-state index contributed by atoms with van der Waals surface area (Å²) < 4.78 is 28.5. The average Bonchev–Trinajstić information content (AvgIpc) is 2.78. The summed E-state index contributed by atoms with van der Waals surface area (Å²) in [6.45, 7) is 0. The van der Waals surface area contributed by atoms with Crippen LogP contribution in [0, 0.1) is 11.8 Å². The lowest BCUT2D eigenvalue weighted by atomic mass is 10.1. The number of fused-ring (bicyclic) bond motifs is 1. The van der Waals surface area contributed by atoms with E-state index >= 15 is 0 Å². The molecule has 0 amide bonds. The number of anilines is 3. The SMILES string of the molecule is COc1ccnc(C#Cc2nccc3cnc(Nc4ccc(S(C)(=O)=O)cc4)cc23)c1N. The quantitative estimate of drug-likeness (QED) is 0.460. The Kier molecular flexibility index (Phi) is 5.62. The minimum Gasteiger partial charge on any atom is -0.494 e. The first-order valence-corrected chi connectivity index (χ1v) is 11.4. The lowest BCUT2D eigenvalue weighted by molar-refractivity contribution is 0.416. The summed E-state index contributed by atoms with van der Waals surface area (Å²) in [6.07, 6.45) is 6.13. The molecule has 0 radical (unpaired) electrons. The Morgan fingerprint density at radius 3 is 2.38 bits per heavy atom. The lowest BCUT2D eigenvalue weighted by Crippen LogP contribution is -1.98. The first kappa shape index (κ1) is 21.1. The Balaban J connectivity index is 1.68. The van der Waals surface area contributed by atoms with E-state index in [0.717, 1.165) is 10.8 Å². The summed E-state index contributed by atoms with van der Waals surface area (Å²) in [6, 6.07) is 11.8.